The summed E-state index contributed by atoms with van der Waals surface area (Å²) in [5.74, 6) is 1.02. The summed E-state index contributed by atoms with van der Waals surface area (Å²) < 4.78 is 0. The molecule has 0 radical (unpaired) electrons. The Labute approximate surface area is 169 Å². The molecule has 0 amide bonds. The van der Waals surface area contributed by atoms with Crippen molar-refractivity contribution < 1.29 is 0 Å². The van der Waals surface area contributed by atoms with Crippen LogP contribution in [-0.4, -0.2) is 33.0 Å². The molecule has 1 aliphatic rings. The zero-order valence-corrected chi connectivity index (χ0v) is 16.1. The van der Waals surface area contributed by atoms with Crippen molar-refractivity contribution in [1.29, 1.82) is 0 Å². The minimum absolute atomic E-state index is 0.235. The van der Waals surface area contributed by atoms with E-state index in [1.165, 1.54) is 6.42 Å². The first-order valence-electron chi connectivity index (χ1n) is 10.0. The molecular formula is C23H22N6. The first kappa shape index (κ1) is 17.6. The fraction of sp³-hybridized carbons (Fsp3) is 0.217. The molecule has 4 aromatic rings. The molecule has 0 atom stereocenters. The lowest BCUT2D eigenvalue weighted by Gasteiger charge is -2.28. The molecule has 1 aliphatic heterocycles. The Morgan fingerprint density at radius 3 is 1.86 bits per heavy atom. The Kier molecular flexibility index (Phi) is 4.52. The summed E-state index contributed by atoms with van der Waals surface area (Å²) in [7, 11) is 0. The van der Waals surface area contributed by atoms with Gasteiger partial charge in [-0.1, -0.05) is 60.7 Å². The molecule has 3 heterocycles. The monoisotopic (exact) mass is 382 g/mol. The molecular weight excluding hydrogens is 360 g/mol. The third-order valence-corrected chi connectivity index (χ3v) is 5.28. The number of piperidine rings is 1. The Morgan fingerprint density at radius 1 is 0.655 bits per heavy atom. The van der Waals surface area contributed by atoms with Crippen LogP contribution in [0.15, 0.2) is 60.7 Å². The molecule has 6 heteroatoms. The highest BCUT2D eigenvalue weighted by Gasteiger charge is 2.21. The lowest BCUT2D eigenvalue weighted by atomic mass is 10.0. The highest BCUT2D eigenvalue weighted by molar-refractivity contribution is 5.90. The molecule has 0 aliphatic carbocycles. The molecule has 0 unspecified atom stereocenters. The van der Waals surface area contributed by atoms with Crippen molar-refractivity contribution in [3.8, 4) is 22.5 Å². The summed E-state index contributed by atoms with van der Waals surface area (Å²) in [6.07, 6.45) is 3.53. The van der Waals surface area contributed by atoms with Crippen molar-refractivity contribution in [1.82, 2.24) is 19.9 Å². The van der Waals surface area contributed by atoms with Gasteiger partial charge in [-0.2, -0.15) is 9.97 Å². The van der Waals surface area contributed by atoms with Crippen molar-refractivity contribution in [3.63, 3.8) is 0 Å². The molecule has 1 fully saturated rings. The van der Waals surface area contributed by atoms with Crippen molar-refractivity contribution in [2.24, 2.45) is 0 Å². The van der Waals surface area contributed by atoms with Crippen LogP contribution in [0.1, 0.15) is 19.3 Å². The van der Waals surface area contributed by atoms with E-state index in [4.69, 9.17) is 15.7 Å². The molecule has 0 saturated carbocycles. The standard InChI is InChI=1S/C23H22N6/c24-23-27-21-20(22(28-23)29-14-8-3-9-15-29)25-18(16-10-4-1-5-11-16)19(26-21)17-12-6-2-7-13-17/h1-2,4-7,10-13H,3,8-9,14-15H2,(H2,24,26,27,28). The highest BCUT2D eigenvalue weighted by atomic mass is 15.2. The SMILES string of the molecule is Nc1nc(N2CCCCC2)c2nc(-c3ccccc3)c(-c3ccccc3)nc2n1. The van der Waals surface area contributed by atoms with Crippen LogP contribution in [0.25, 0.3) is 33.7 Å². The molecule has 6 nitrogen and oxygen atoms in total. The van der Waals surface area contributed by atoms with Crippen LogP contribution in [0.3, 0.4) is 0 Å². The average Bonchev–Trinajstić information content (AvgIpc) is 2.79. The van der Waals surface area contributed by atoms with Crippen LogP contribution in [0, 0.1) is 0 Å². The molecule has 2 aromatic heterocycles. The van der Waals surface area contributed by atoms with Crippen LogP contribution in [-0.2, 0) is 0 Å². The van der Waals surface area contributed by atoms with E-state index in [2.05, 4.69) is 27.0 Å². The summed E-state index contributed by atoms with van der Waals surface area (Å²) >= 11 is 0. The van der Waals surface area contributed by atoms with Crippen LogP contribution in [0.5, 0.6) is 0 Å². The van der Waals surface area contributed by atoms with Gasteiger partial charge in [0.05, 0.1) is 11.4 Å². The first-order chi connectivity index (χ1) is 14.3. The van der Waals surface area contributed by atoms with Gasteiger partial charge in [-0.3, -0.25) is 0 Å². The summed E-state index contributed by atoms with van der Waals surface area (Å²) in [6.45, 7) is 1.91. The van der Waals surface area contributed by atoms with Gasteiger partial charge in [0, 0.05) is 24.2 Å². The van der Waals surface area contributed by atoms with E-state index in [9.17, 15) is 0 Å². The number of benzene rings is 2. The summed E-state index contributed by atoms with van der Waals surface area (Å²) in [4.78, 5) is 21.2. The van der Waals surface area contributed by atoms with Gasteiger partial charge in [0.2, 0.25) is 5.95 Å². The number of nitrogens with two attached hydrogens (primary N) is 1. The number of rotatable bonds is 3. The molecule has 2 N–H and O–H groups in total. The minimum Gasteiger partial charge on any atom is -0.368 e. The smallest absolute Gasteiger partial charge is 0.224 e. The predicted octanol–water partition coefficient (Wildman–Crippen LogP) is 4.33. The fourth-order valence-electron chi connectivity index (χ4n) is 3.87. The van der Waals surface area contributed by atoms with Gasteiger partial charge < -0.3 is 10.6 Å². The number of anilines is 2. The first-order valence-corrected chi connectivity index (χ1v) is 10.0. The molecule has 5 rings (SSSR count). The maximum atomic E-state index is 6.05. The van der Waals surface area contributed by atoms with Gasteiger partial charge in [-0.25, -0.2) is 9.97 Å². The second kappa shape index (κ2) is 7.47. The van der Waals surface area contributed by atoms with E-state index in [-0.39, 0.29) is 5.95 Å². The number of aromatic nitrogens is 4. The number of hydrogen-bond donors (Lipinski definition) is 1. The third kappa shape index (κ3) is 3.38. The van der Waals surface area contributed by atoms with E-state index < -0.39 is 0 Å². The van der Waals surface area contributed by atoms with E-state index in [1.54, 1.807) is 0 Å². The van der Waals surface area contributed by atoms with Gasteiger partial charge in [-0.15, -0.1) is 0 Å². The van der Waals surface area contributed by atoms with E-state index in [0.29, 0.717) is 11.2 Å². The molecule has 29 heavy (non-hydrogen) atoms. The molecule has 1 saturated heterocycles. The number of hydrogen-bond acceptors (Lipinski definition) is 6. The Morgan fingerprint density at radius 2 is 1.24 bits per heavy atom. The van der Waals surface area contributed by atoms with Gasteiger partial charge in [0.15, 0.2) is 17.0 Å². The number of fused-ring (bicyclic) bond motifs is 1. The van der Waals surface area contributed by atoms with Gasteiger partial charge in [0.1, 0.15) is 0 Å². The third-order valence-electron chi connectivity index (χ3n) is 5.28. The molecule has 0 bridgehead atoms. The molecule has 2 aromatic carbocycles. The van der Waals surface area contributed by atoms with Gasteiger partial charge >= 0.3 is 0 Å². The zero-order chi connectivity index (χ0) is 19.6. The fourth-order valence-corrected chi connectivity index (χ4v) is 3.87. The lowest BCUT2D eigenvalue weighted by molar-refractivity contribution is 0.574. The molecule has 144 valence electrons. The maximum absolute atomic E-state index is 6.05. The Bertz CT molecular complexity index is 1140. The zero-order valence-electron chi connectivity index (χ0n) is 16.1. The molecule has 0 spiro atoms. The van der Waals surface area contributed by atoms with Crippen molar-refractivity contribution in [2.45, 2.75) is 19.3 Å². The minimum atomic E-state index is 0.235. The Balaban J connectivity index is 1.78. The van der Waals surface area contributed by atoms with Crippen molar-refractivity contribution in [3.05, 3.63) is 60.7 Å². The van der Waals surface area contributed by atoms with Crippen LogP contribution in [0.4, 0.5) is 11.8 Å². The van der Waals surface area contributed by atoms with E-state index >= 15 is 0 Å². The summed E-state index contributed by atoms with van der Waals surface area (Å²) in [6, 6.07) is 20.2. The van der Waals surface area contributed by atoms with Crippen molar-refractivity contribution >= 4 is 22.9 Å². The quantitative estimate of drug-likeness (QED) is 0.568. The highest BCUT2D eigenvalue weighted by Crippen LogP contribution is 2.33. The van der Waals surface area contributed by atoms with Crippen LogP contribution >= 0.6 is 0 Å². The van der Waals surface area contributed by atoms with E-state index in [0.717, 1.165) is 54.3 Å². The summed E-state index contributed by atoms with van der Waals surface area (Å²) in [5.41, 5.74) is 10.9. The lowest BCUT2D eigenvalue weighted by Crippen LogP contribution is -2.31. The predicted molar refractivity (Wildman–Crippen MR) is 116 cm³/mol. The largest absolute Gasteiger partial charge is 0.368 e. The average molecular weight is 382 g/mol. The van der Waals surface area contributed by atoms with E-state index in [1.807, 2.05) is 48.5 Å². The maximum Gasteiger partial charge on any atom is 0.224 e. The number of nitrogen functional groups attached to an aromatic ring is 1. The topological polar surface area (TPSA) is 80.8 Å². The summed E-state index contributed by atoms with van der Waals surface area (Å²) in [5, 5.41) is 0. The normalized spacial score (nSPS) is 14.3. The Hall–Kier alpha value is -3.54. The van der Waals surface area contributed by atoms with Crippen LogP contribution < -0.4 is 10.6 Å². The van der Waals surface area contributed by atoms with Gasteiger partial charge in [-0.05, 0) is 19.3 Å². The van der Waals surface area contributed by atoms with Crippen LogP contribution in [0.2, 0.25) is 0 Å². The van der Waals surface area contributed by atoms with Gasteiger partial charge in [0.25, 0.3) is 0 Å². The second-order valence-corrected chi connectivity index (χ2v) is 7.28. The van der Waals surface area contributed by atoms with Crippen molar-refractivity contribution in [2.75, 3.05) is 23.7 Å². The number of nitrogens with zero attached hydrogens (tertiary/aromatic N) is 5. The second-order valence-electron chi connectivity index (χ2n) is 7.28.